The zero-order valence-corrected chi connectivity index (χ0v) is 11.9. The molecule has 1 aromatic carbocycles. The molecule has 0 amide bonds. The molecule has 1 N–H and O–H groups in total. The third kappa shape index (κ3) is 3.73. The summed E-state index contributed by atoms with van der Waals surface area (Å²) in [6, 6.07) is 4.54. The van der Waals surface area contributed by atoms with E-state index in [1.807, 2.05) is 7.05 Å². The monoisotopic (exact) mass is 286 g/mol. The van der Waals surface area contributed by atoms with Gasteiger partial charge in [0.25, 0.3) is 0 Å². The fraction of sp³-hybridized carbons (Fsp3) is 0.600. The first-order chi connectivity index (χ1) is 9.38. The van der Waals surface area contributed by atoms with Crippen LogP contribution in [0.15, 0.2) is 18.2 Å². The molecule has 0 saturated carbocycles. The van der Waals surface area contributed by atoms with Crippen molar-refractivity contribution in [3.05, 3.63) is 34.9 Å². The maximum Gasteiger partial charge on any atom is 0.416 e. The lowest BCUT2D eigenvalue weighted by Gasteiger charge is -2.32. The summed E-state index contributed by atoms with van der Waals surface area (Å²) in [5.74, 6) is 0. The summed E-state index contributed by atoms with van der Waals surface area (Å²) in [5.41, 5.74) is 1.11. The summed E-state index contributed by atoms with van der Waals surface area (Å²) in [4.78, 5) is 2.25. The summed E-state index contributed by atoms with van der Waals surface area (Å²) in [6.07, 6.45) is -2.07. The molecule has 0 atom stereocenters. The first kappa shape index (κ1) is 15.3. The highest BCUT2D eigenvalue weighted by atomic mass is 19.4. The minimum absolute atomic E-state index is 0.512. The lowest BCUT2D eigenvalue weighted by Crippen LogP contribution is -2.40. The van der Waals surface area contributed by atoms with E-state index in [2.05, 4.69) is 10.2 Å². The molecule has 1 saturated heterocycles. The molecule has 112 valence electrons. The number of piperidine rings is 1. The van der Waals surface area contributed by atoms with Crippen molar-refractivity contribution in [2.45, 2.75) is 38.5 Å². The molecule has 2 nitrogen and oxygen atoms in total. The Morgan fingerprint density at radius 1 is 1.25 bits per heavy atom. The topological polar surface area (TPSA) is 15.3 Å². The molecule has 1 aliphatic rings. The lowest BCUT2D eigenvalue weighted by atomic mass is 10.0. The van der Waals surface area contributed by atoms with Gasteiger partial charge in [-0.15, -0.1) is 0 Å². The molecule has 0 aliphatic carbocycles. The molecule has 1 fully saturated rings. The molecule has 0 unspecified atom stereocenters. The van der Waals surface area contributed by atoms with Gasteiger partial charge in [0.15, 0.2) is 0 Å². The van der Waals surface area contributed by atoms with Crippen molar-refractivity contribution >= 4 is 0 Å². The van der Waals surface area contributed by atoms with E-state index in [-0.39, 0.29) is 0 Å². The minimum atomic E-state index is -4.26. The second kappa shape index (κ2) is 6.14. The quantitative estimate of drug-likeness (QED) is 0.918. The van der Waals surface area contributed by atoms with E-state index in [4.69, 9.17) is 0 Å². The minimum Gasteiger partial charge on any atom is -0.317 e. The average Bonchev–Trinajstić information content (AvgIpc) is 2.41. The van der Waals surface area contributed by atoms with Gasteiger partial charge in [0, 0.05) is 12.6 Å². The Bertz CT molecular complexity index is 451. The van der Waals surface area contributed by atoms with Crippen molar-refractivity contribution in [1.29, 1.82) is 0 Å². The molecule has 0 aromatic heterocycles. The van der Waals surface area contributed by atoms with Crippen molar-refractivity contribution in [2.24, 2.45) is 0 Å². The van der Waals surface area contributed by atoms with Crippen LogP contribution in [0.2, 0.25) is 0 Å². The zero-order valence-electron chi connectivity index (χ0n) is 11.9. The van der Waals surface area contributed by atoms with Gasteiger partial charge in [-0.1, -0.05) is 6.07 Å². The maximum absolute atomic E-state index is 12.6. The number of aryl methyl sites for hydroxylation is 1. The van der Waals surface area contributed by atoms with Crippen LogP contribution in [-0.2, 0) is 12.7 Å². The van der Waals surface area contributed by atoms with Gasteiger partial charge in [-0.2, -0.15) is 13.2 Å². The van der Waals surface area contributed by atoms with Crippen LogP contribution in [0.4, 0.5) is 13.2 Å². The summed E-state index contributed by atoms with van der Waals surface area (Å²) in [6.45, 7) is 4.48. The zero-order chi connectivity index (χ0) is 14.8. The molecule has 1 aromatic rings. The highest BCUT2D eigenvalue weighted by Crippen LogP contribution is 2.30. The van der Waals surface area contributed by atoms with Crippen molar-refractivity contribution in [3.8, 4) is 0 Å². The molecule has 5 heteroatoms. The Hall–Kier alpha value is -1.07. The van der Waals surface area contributed by atoms with Crippen LogP contribution in [0.25, 0.3) is 0 Å². The molecule has 0 spiro atoms. The molecule has 2 rings (SSSR count). The van der Waals surface area contributed by atoms with E-state index in [1.54, 1.807) is 13.0 Å². The Labute approximate surface area is 118 Å². The number of halogens is 3. The fourth-order valence-corrected chi connectivity index (χ4v) is 2.69. The van der Waals surface area contributed by atoms with Crippen LogP contribution in [0.3, 0.4) is 0 Å². The van der Waals surface area contributed by atoms with Crippen LogP contribution >= 0.6 is 0 Å². The first-order valence-corrected chi connectivity index (χ1v) is 6.95. The van der Waals surface area contributed by atoms with Crippen LogP contribution < -0.4 is 5.32 Å². The van der Waals surface area contributed by atoms with E-state index in [0.29, 0.717) is 18.2 Å². The molecule has 1 heterocycles. The molecule has 1 aliphatic heterocycles. The lowest BCUT2D eigenvalue weighted by molar-refractivity contribution is -0.137. The molecule has 0 radical (unpaired) electrons. The van der Waals surface area contributed by atoms with Crippen LogP contribution in [-0.4, -0.2) is 31.1 Å². The van der Waals surface area contributed by atoms with E-state index >= 15 is 0 Å². The van der Waals surface area contributed by atoms with Crippen molar-refractivity contribution in [2.75, 3.05) is 20.1 Å². The maximum atomic E-state index is 12.6. The summed E-state index contributed by atoms with van der Waals surface area (Å²) < 4.78 is 37.9. The number of nitrogens with one attached hydrogen (secondary N) is 1. The van der Waals surface area contributed by atoms with E-state index in [9.17, 15) is 13.2 Å². The van der Waals surface area contributed by atoms with Gasteiger partial charge in [0.1, 0.15) is 0 Å². The van der Waals surface area contributed by atoms with Crippen molar-refractivity contribution in [3.63, 3.8) is 0 Å². The number of benzene rings is 1. The second-order valence-corrected chi connectivity index (χ2v) is 5.54. The van der Waals surface area contributed by atoms with Gasteiger partial charge in [0.05, 0.1) is 5.56 Å². The summed E-state index contributed by atoms with van der Waals surface area (Å²) in [5, 5.41) is 3.32. The van der Waals surface area contributed by atoms with E-state index in [1.165, 1.54) is 12.1 Å². The average molecular weight is 286 g/mol. The van der Waals surface area contributed by atoms with Gasteiger partial charge < -0.3 is 5.32 Å². The van der Waals surface area contributed by atoms with Crippen LogP contribution in [0.5, 0.6) is 0 Å². The highest BCUT2D eigenvalue weighted by Gasteiger charge is 2.30. The SMILES string of the molecule is Cc1cc(C(F)(F)F)ccc1CN(C)C1CCNCC1. The van der Waals surface area contributed by atoms with Gasteiger partial charge in [-0.25, -0.2) is 0 Å². The Kier molecular flexibility index (Phi) is 4.70. The van der Waals surface area contributed by atoms with Gasteiger partial charge >= 0.3 is 6.18 Å². The second-order valence-electron chi connectivity index (χ2n) is 5.54. The third-order valence-electron chi connectivity index (χ3n) is 4.02. The Morgan fingerprint density at radius 3 is 2.45 bits per heavy atom. The first-order valence-electron chi connectivity index (χ1n) is 6.95. The molecular weight excluding hydrogens is 265 g/mol. The highest BCUT2D eigenvalue weighted by molar-refractivity contribution is 5.32. The normalized spacial score (nSPS) is 17.7. The molecular formula is C15H21F3N2. The number of rotatable bonds is 3. The van der Waals surface area contributed by atoms with Crippen LogP contribution in [0.1, 0.15) is 29.5 Å². The largest absolute Gasteiger partial charge is 0.416 e. The number of nitrogens with zero attached hydrogens (tertiary/aromatic N) is 1. The third-order valence-corrected chi connectivity index (χ3v) is 4.02. The Balaban J connectivity index is 2.05. The standard InChI is InChI=1S/C15H21F3N2/c1-11-9-13(15(16,17)18)4-3-12(11)10-20(2)14-5-7-19-8-6-14/h3-4,9,14,19H,5-8,10H2,1-2H3. The molecule has 0 bridgehead atoms. The molecule has 20 heavy (non-hydrogen) atoms. The van der Waals surface area contributed by atoms with Crippen molar-refractivity contribution < 1.29 is 13.2 Å². The summed E-state index contributed by atoms with van der Waals surface area (Å²) >= 11 is 0. The number of alkyl halides is 3. The predicted molar refractivity (Wildman–Crippen MR) is 73.5 cm³/mol. The Morgan fingerprint density at radius 2 is 1.90 bits per heavy atom. The smallest absolute Gasteiger partial charge is 0.317 e. The van der Waals surface area contributed by atoms with Gasteiger partial charge in [-0.05, 0) is 63.2 Å². The van der Waals surface area contributed by atoms with Gasteiger partial charge in [0.2, 0.25) is 0 Å². The summed E-state index contributed by atoms with van der Waals surface area (Å²) in [7, 11) is 2.05. The number of hydrogen-bond donors (Lipinski definition) is 1. The van der Waals surface area contributed by atoms with E-state index in [0.717, 1.165) is 31.5 Å². The van der Waals surface area contributed by atoms with Crippen LogP contribution in [0, 0.1) is 6.92 Å². The van der Waals surface area contributed by atoms with Gasteiger partial charge in [-0.3, -0.25) is 4.90 Å². The predicted octanol–water partition coefficient (Wildman–Crippen LogP) is 3.20. The fourth-order valence-electron chi connectivity index (χ4n) is 2.69. The van der Waals surface area contributed by atoms with E-state index < -0.39 is 11.7 Å². The number of hydrogen-bond acceptors (Lipinski definition) is 2. The van der Waals surface area contributed by atoms with Crippen molar-refractivity contribution in [1.82, 2.24) is 10.2 Å².